The first-order valence-electron chi connectivity index (χ1n) is 7.96. The van der Waals surface area contributed by atoms with Gasteiger partial charge in [0.1, 0.15) is 0 Å². The quantitative estimate of drug-likeness (QED) is 0.798. The zero-order valence-electron chi connectivity index (χ0n) is 14.1. The van der Waals surface area contributed by atoms with Gasteiger partial charge in [0.2, 0.25) is 0 Å². The molecule has 0 bridgehead atoms. The van der Waals surface area contributed by atoms with E-state index in [-0.39, 0.29) is 0 Å². The minimum Gasteiger partial charge on any atom is -0.311 e. The van der Waals surface area contributed by atoms with Crippen molar-refractivity contribution in [3.63, 3.8) is 0 Å². The molecule has 1 heterocycles. The van der Waals surface area contributed by atoms with Gasteiger partial charge in [-0.3, -0.25) is 4.90 Å². The fraction of sp³-hybridized carbons (Fsp3) is 1.00. The Morgan fingerprint density at radius 1 is 1.11 bits per heavy atom. The highest BCUT2D eigenvalue weighted by Crippen LogP contribution is 2.22. The lowest BCUT2D eigenvalue weighted by molar-refractivity contribution is 0.0461. The van der Waals surface area contributed by atoms with E-state index in [0.717, 1.165) is 18.4 Å². The van der Waals surface area contributed by atoms with E-state index in [1.54, 1.807) is 0 Å². The molecule has 3 unspecified atom stereocenters. The van der Waals surface area contributed by atoms with Gasteiger partial charge in [-0.05, 0) is 45.8 Å². The Kier molecular flexibility index (Phi) is 6.78. The molecule has 1 saturated heterocycles. The van der Waals surface area contributed by atoms with Crippen molar-refractivity contribution < 1.29 is 0 Å². The largest absolute Gasteiger partial charge is 0.311 e. The van der Waals surface area contributed by atoms with E-state index in [2.05, 4.69) is 63.8 Å². The highest BCUT2D eigenvalue weighted by atomic mass is 15.3. The van der Waals surface area contributed by atoms with Crippen molar-refractivity contribution in [3.8, 4) is 0 Å². The SMILES string of the molecule is CC(C)C1CN(C(C)CCN(C)C)C(C(C)C)CN1. The molecule has 3 atom stereocenters. The minimum absolute atomic E-state index is 0.650. The lowest BCUT2D eigenvalue weighted by Gasteiger charge is -2.46. The second kappa shape index (κ2) is 7.61. The van der Waals surface area contributed by atoms with Crippen molar-refractivity contribution in [3.05, 3.63) is 0 Å². The number of hydrogen-bond acceptors (Lipinski definition) is 3. The third-order valence-electron chi connectivity index (χ3n) is 4.56. The van der Waals surface area contributed by atoms with Gasteiger partial charge in [0.05, 0.1) is 0 Å². The summed E-state index contributed by atoms with van der Waals surface area (Å²) < 4.78 is 0. The maximum absolute atomic E-state index is 3.75. The summed E-state index contributed by atoms with van der Waals surface area (Å²) >= 11 is 0. The van der Waals surface area contributed by atoms with Crippen LogP contribution in [-0.4, -0.2) is 61.7 Å². The van der Waals surface area contributed by atoms with Crippen LogP contribution in [-0.2, 0) is 0 Å². The standard InChI is InChI=1S/C16H35N3/c1-12(2)15-11-19(14(5)8-9-18(6)7)16(10-17-15)13(3)4/h12-17H,8-11H2,1-7H3. The summed E-state index contributed by atoms with van der Waals surface area (Å²) in [4.78, 5) is 5.05. The van der Waals surface area contributed by atoms with Crippen LogP contribution in [0.1, 0.15) is 41.0 Å². The molecular formula is C16H35N3. The summed E-state index contributed by atoms with van der Waals surface area (Å²) in [7, 11) is 4.34. The van der Waals surface area contributed by atoms with E-state index < -0.39 is 0 Å². The molecule has 19 heavy (non-hydrogen) atoms. The lowest BCUT2D eigenvalue weighted by Crippen LogP contribution is -2.62. The molecule has 0 aromatic carbocycles. The van der Waals surface area contributed by atoms with Crippen LogP contribution >= 0.6 is 0 Å². The third-order valence-corrected chi connectivity index (χ3v) is 4.56. The Hall–Kier alpha value is -0.120. The number of hydrogen-bond donors (Lipinski definition) is 1. The van der Waals surface area contributed by atoms with E-state index in [9.17, 15) is 0 Å². The van der Waals surface area contributed by atoms with E-state index in [0.29, 0.717) is 18.1 Å². The molecule has 114 valence electrons. The molecule has 0 saturated carbocycles. The summed E-state index contributed by atoms with van der Waals surface area (Å²) in [6.45, 7) is 15.3. The summed E-state index contributed by atoms with van der Waals surface area (Å²) in [5.41, 5.74) is 0. The maximum atomic E-state index is 3.75. The first-order chi connectivity index (χ1) is 8.82. The van der Waals surface area contributed by atoms with Gasteiger partial charge in [0.15, 0.2) is 0 Å². The van der Waals surface area contributed by atoms with E-state index in [4.69, 9.17) is 0 Å². The number of nitrogens with zero attached hydrogens (tertiary/aromatic N) is 2. The van der Waals surface area contributed by atoms with E-state index in [1.165, 1.54) is 19.5 Å². The van der Waals surface area contributed by atoms with Gasteiger partial charge in [-0.2, -0.15) is 0 Å². The average Bonchev–Trinajstić information content (AvgIpc) is 2.34. The minimum atomic E-state index is 0.650. The molecule has 1 aliphatic heterocycles. The fourth-order valence-corrected chi connectivity index (χ4v) is 3.00. The van der Waals surface area contributed by atoms with Gasteiger partial charge in [0, 0.05) is 31.2 Å². The smallest absolute Gasteiger partial charge is 0.0247 e. The zero-order valence-corrected chi connectivity index (χ0v) is 14.1. The Labute approximate surface area is 120 Å². The summed E-state index contributed by atoms with van der Waals surface area (Å²) in [6.07, 6.45) is 1.26. The summed E-state index contributed by atoms with van der Waals surface area (Å²) in [5, 5.41) is 3.75. The monoisotopic (exact) mass is 269 g/mol. The second-order valence-electron chi connectivity index (χ2n) is 7.21. The van der Waals surface area contributed by atoms with Crippen molar-refractivity contribution in [2.45, 2.75) is 59.2 Å². The van der Waals surface area contributed by atoms with Crippen LogP contribution in [0.4, 0.5) is 0 Å². The number of nitrogens with one attached hydrogen (secondary N) is 1. The molecule has 0 aromatic rings. The van der Waals surface area contributed by atoms with Crippen LogP contribution in [0.2, 0.25) is 0 Å². The van der Waals surface area contributed by atoms with Gasteiger partial charge in [0.25, 0.3) is 0 Å². The predicted octanol–water partition coefficient (Wildman–Crippen LogP) is 2.28. The zero-order chi connectivity index (χ0) is 14.6. The molecule has 0 spiro atoms. The molecule has 0 aromatic heterocycles. The molecule has 0 radical (unpaired) electrons. The van der Waals surface area contributed by atoms with E-state index >= 15 is 0 Å². The Morgan fingerprint density at radius 3 is 2.21 bits per heavy atom. The normalized spacial score (nSPS) is 27.5. The van der Waals surface area contributed by atoms with Crippen LogP contribution < -0.4 is 5.32 Å². The molecule has 1 aliphatic rings. The van der Waals surface area contributed by atoms with Crippen molar-refractivity contribution in [1.82, 2.24) is 15.1 Å². The number of piperazine rings is 1. The molecular weight excluding hydrogens is 234 g/mol. The molecule has 1 N–H and O–H groups in total. The average molecular weight is 269 g/mol. The molecule has 3 nitrogen and oxygen atoms in total. The Balaban J connectivity index is 2.65. The van der Waals surface area contributed by atoms with Crippen LogP contribution in [0.15, 0.2) is 0 Å². The highest BCUT2D eigenvalue weighted by Gasteiger charge is 2.33. The Bertz CT molecular complexity index is 250. The van der Waals surface area contributed by atoms with Crippen molar-refractivity contribution >= 4 is 0 Å². The topological polar surface area (TPSA) is 18.5 Å². The second-order valence-corrected chi connectivity index (χ2v) is 7.21. The Morgan fingerprint density at radius 2 is 1.74 bits per heavy atom. The molecule has 1 fully saturated rings. The van der Waals surface area contributed by atoms with Crippen molar-refractivity contribution in [2.24, 2.45) is 11.8 Å². The fourth-order valence-electron chi connectivity index (χ4n) is 3.00. The summed E-state index contributed by atoms with van der Waals surface area (Å²) in [5.74, 6) is 1.44. The third kappa shape index (κ3) is 5.05. The van der Waals surface area contributed by atoms with Crippen LogP contribution in [0.25, 0.3) is 0 Å². The van der Waals surface area contributed by atoms with Gasteiger partial charge in [-0.15, -0.1) is 0 Å². The van der Waals surface area contributed by atoms with Gasteiger partial charge < -0.3 is 10.2 Å². The highest BCUT2D eigenvalue weighted by molar-refractivity contribution is 4.91. The van der Waals surface area contributed by atoms with Crippen molar-refractivity contribution in [2.75, 3.05) is 33.7 Å². The van der Waals surface area contributed by atoms with Crippen LogP contribution in [0, 0.1) is 11.8 Å². The van der Waals surface area contributed by atoms with Crippen molar-refractivity contribution in [1.29, 1.82) is 0 Å². The maximum Gasteiger partial charge on any atom is 0.0247 e. The first kappa shape index (κ1) is 16.9. The molecule has 1 rings (SSSR count). The molecule has 0 amide bonds. The summed E-state index contributed by atoms with van der Waals surface area (Å²) in [6, 6.07) is 2.02. The first-order valence-corrected chi connectivity index (χ1v) is 7.96. The molecule has 3 heteroatoms. The van der Waals surface area contributed by atoms with Crippen LogP contribution in [0.5, 0.6) is 0 Å². The van der Waals surface area contributed by atoms with Gasteiger partial charge in [-0.25, -0.2) is 0 Å². The molecule has 0 aliphatic carbocycles. The van der Waals surface area contributed by atoms with Gasteiger partial charge >= 0.3 is 0 Å². The van der Waals surface area contributed by atoms with E-state index in [1.807, 2.05) is 0 Å². The number of rotatable bonds is 6. The van der Waals surface area contributed by atoms with Gasteiger partial charge in [-0.1, -0.05) is 27.7 Å². The lowest BCUT2D eigenvalue weighted by atomic mass is 9.92. The predicted molar refractivity (Wildman–Crippen MR) is 84.6 cm³/mol. The van der Waals surface area contributed by atoms with Crippen LogP contribution in [0.3, 0.4) is 0 Å².